The largest absolute Gasteiger partial charge is 0.376 e. The first-order valence-corrected chi connectivity index (χ1v) is 11.9. The fourth-order valence-electron chi connectivity index (χ4n) is 4.85. The van der Waals surface area contributed by atoms with Crippen molar-refractivity contribution in [2.75, 3.05) is 40.3 Å². The van der Waals surface area contributed by atoms with E-state index in [1.807, 2.05) is 36.4 Å². The highest BCUT2D eigenvalue weighted by molar-refractivity contribution is 6.33. The normalized spacial score (nSPS) is 19.6. The van der Waals surface area contributed by atoms with E-state index in [1.54, 1.807) is 38.1 Å². The Hall–Kier alpha value is -2.41. The van der Waals surface area contributed by atoms with Crippen LogP contribution < -0.4 is 0 Å². The molecule has 7 heteroatoms. The lowest BCUT2D eigenvalue weighted by Gasteiger charge is -2.48. The van der Waals surface area contributed by atoms with Gasteiger partial charge in [0.25, 0.3) is 11.8 Å². The number of rotatable bonds is 5. The minimum atomic E-state index is -1.50. The molecule has 0 bridgehead atoms. The zero-order valence-corrected chi connectivity index (χ0v) is 20.3. The quantitative estimate of drug-likeness (QED) is 0.729. The molecule has 0 spiro atoms. The smallest absolute Gasteiger partial charge is 0.258 e. The standard InChI is InChI=1S/C26H32ClN3O3/c1-26(33,20-7-5-4-6-8-20)25(32)29-13-11-21(12-14-29)30-16-19(17-30)18-9-10-22(23(27)15-18)24(31)28(2)3/h4-10,15,19,21,33H,11-14,16-17H2,1-3H3/t26-/m1/s1. The number of carbonyl (C=O) groups is 2. The van der Waals surface area contributed by atoms with Crippen LogP contribution in [0, 0.1) is 0 Å². The molecule has 2 aliphatic rings. The third-order valence-electron chi connectivity index (χ3n) is 7.03. The lowest BCUT2D eigenvalue weighted by atomic mass is 9.87. The molecule has 1 atom stereocenters. The maximum atomic E-state index is 13.0. The Labute approximate surface area is 200 Å². The number of likely N-dealkylation sites (tertiary alicyclic amines) is 2. The summed E-state index contributed by atoms with van der Waals surface area (Å²) in [6.45, 7) is 4.80. The van der Waals surface area contributed by atoms with E-state index in [-0.39, 0.29) is 11.8 Å². The Morgan fingerprint density at radius 3 is 2.27 bits per heavy atom. The van der Waals surface area contributed by atoms with Crippen LogP contribution in [-0.2, 0) is 10.4 Å². The Bertz CT molecular complexity index is 1010. The van der Waals surface area contributed by atoms with Crippen molar-refractivity contribution >= 4 is 23.4 Å². The molecule has 0 aromatic heterocycles. The summed E-state index contributed by atoms with van der Waals surface area (Å²) >= 11 is 6.39. The molecule has 176 valence electrons. The third-order valence-corrected chi connectivity index (χ3v) is 7.34. The van der Waals surface area contributed by atoms with Crippen LogP contribution in [0.25, 0.3) is 0 Å². The van der Waals surface area contributed by atoms with Gasteiger partial charge in [0.1, 0.15) is 0 Å². The molecule has 2 saturated heterocycles. The van der Waals surface area contributed by atoms with Crippen molar-refractivity contribution in [1.29, 1.82) is 0 Å². The summed E-state index contributed by atoms with van der Waals surface area (Å²) in [5.74, 6) is 0.0921. The van der Waals surface area contributed by atoms with E-state index in [0.717, 1.165) is 31.5 Å². The van der Waals surface area contributed by atoms with Crippen molar-refractivity contribution < 1.29 is 14.7 Å². The maximum Gasteiger partial charge on any atom is 0.258 e. The van der Waals surface area contributed by atoms with Gasteiger partial charge in [0, 0.05) is 52.2 Å². The average Bonchev–Trinajstić information content (AvgIpc) is 2.78. The highest BCUT2D eigenvalue weighted by Crippen LogP contribution is 2.34. The number of benzene rings is 2. The van der Waals surface area contributed by atoms with Crippen LogP contribution in [0.2, 0.25) is 5.02 Å². The molecule has 4 rings (SSSR count). The van der Waals surface area contributed by atoms with Crippen molar-refractivity contribution in [2.24, 2.45) is 0 Å². The van der Waals surface area contributed by atoms with Crippen molar-refractivity contribution in [3.8, 4) is 0 Å². The molecule has 1 N–H and O–H groups in total. The Morgan fingerprint density at radius 1 is 1.06 bits per heavy atom. The van der Waals surface area contributed by atoms with Gasteiger partial charge in [0.05, 0.1) is 10.6 Å². The van der Waals surface area contributed by atoms with Crippen LogP contribution in [0.15, 0.2) is 48.5 Å². The molecule has 2 fully saturated rings. The summed E-state index contributed by atoms with van der Waals surface area (Å²) in [6, 6.07) is 15.3. The number of aliphatic hydroxyl groups is 1. The molecule has 2 aromatic rings. The van der Waals surface area contributed by atoms with Crippen LogP contribution >= 0.6 is 11.6 Å². The van der Waals surface area contributed by atoms with Crippen molar-refractivity contribution in [1.82, 2.24) is 14.7 Å². The minimum absolute atomic E-state index is 0.0886. The first-order valence-electron chi connectivity index (χ1n) is 11.5. The van der Waals surface area contributed by atoms with E-state index < -0.39 is 5.60 Å². The molecule has 2 aromatic carbocycles. The summed E-state index contributed by atoms with van der Waals surface area (Å²) in [6.07, 6.45) is 1.81. The van der Waals surface area contributed by atoms with E-state index in [4.69, 9.17) is 11.6 Å². The van der Waals surface area contributed by atoms with Crippen molar-refractivity contribution in [2.45, 2.75) is 37.3 Å². The second-order valence-corrected chi connectivity index (χ2v) is 9.96. The van der Waals surface area contributed by atoms with E-state index >= 15 is 0 Å². The minimum Gasteiger partial charge on any atom is -0.376 e. The zero-order chi connectivity index (χ0) is 23.8. The van der Waals surface area contributed by atoms with Gasteiger partial charge in [-0.25, -0.2) is 0 Å². The lowest BCUT2D eigenvalue weighted by molar-refractivity contribution is -0.152. The first kappa shape index (κ1) is 23.7. The summed E-state index contributed by atoms with van der Waals surface area (Å²) in [4.78, 5) is 31.0. The number of hydrogen-bond donors (Lipinski definition) is 1. The number of nitrogens with zero attached hydrogens (tertiary/aromatic N) is 3. The van der Waals surface area contributed by atoms with E-state index in [1.165, 1.54) is 4.90 Å². The van der Waals surface area contributed by atoms with Crippen LogP contribution in [0.4, 0.5) is 0 Å². The monoisotopic (exact) mass is 469 g/mol. The number of amides is 2. The first-order chi connectivity index (χ1) is 15.7. The summed E-state index contributed by atoms with van der Waals surface area (Å²) in [5, 5.41) is 11.4. The number of hydrogen-bond acceptors (Lipinski definition) is 4. The fourth-order valence-corrected chi connectivity index (χ4v) is 5.12. The average molecular weight is 470 g/mol. The van der Waals surface area contributed by atoms with Gasteiger partial charge in [-0.3, -0.25) is 14.5 Å². The molecule has 6 nitrogen and oxygen atoms in total. The highest BCUT2D eigenvalue weighted by Gasteiger charge is 2.40. The predicted octanol–water partition coefficient (Wildman–Crippen LogP) is 3.34. The maximum absolute atomic E-state index is 13.0. The van der Waals surface area contributed by atoms with Crippen molar-refractivity contribution in [3.05, 3.63) is 70.2 Å². The van der Waals surface area contributed by atoms with Gasteiger partial charge in [0.15, 0.2) is 5.60 Å². The molecule has 0 radical (unpaired) electrons. The summed E-state index contributed by atoms with van der Waals surface area (Å²) < 4.78 is 0. The van der Waals surface area contributed by atoms with Crippen LogP contribution in [0.3, 0.4) is 0 Å². The second-order valence-electron chi connectivity index (χ2n) is 9.55. The molecular weight excluding hydrogens is 438 g/mol. The van der Waals surface area contributed by atoms with Gasteiger partial charge in [-0.2, -0.15) is 0 Å². The molecule has 33 heavy (non-hydrogen) atoms. The molecule has 0 saturated carbocycles. The highest BCUT2D eigenvalue weighted by atomic mass is 35.5. The molecule has 2 heterocycles. The lowest BCUT2D eigenvalue weighted by Crippen LogP contribution is -2.56. The van der Waals surface area contributed by atoms with E-state index in [2.05, 4.69) is 4.90 Å². The van der Waals surface area contributed by atoms with Gasteiger partial charge in [-0.05, 0) is 43.0 Å². The topological polar surface area (TPSA) is 64.1 Å². The number of piperidine rings is 1. The van der Waals surface area contributed by atoms with Gasteiger partial charge in [-0.15, -0.1) is 0 Å². The third kappa shape index (κ3) is 4.79. The second kappa shape index (κ2) is 9.45. The molecule has 0 aliphatic carbocycles. The summed E-state index contributed by atoms with van der Waals surface area (Å²) in [5.41, 5.74) is 0.817. The van der Waals surface area contributed by atoms with Crippen LogP contribution in [-0.4, -0.2) is 77.9 Å². The fraction of sp³-hybridized carbons (Fsp3) is 0.462. The SMILES string of the molecule is CN(C)C(=O)c1ccc(C2CN(C3CCN(C(=O)[C@](C)(O)c4ccccc4)CC3)C2)cc1Cl. The van der Waals surface area contributed by atoms with Crippen LogP contribution in [0.1, 0.15) is 47.2 Å². The number of carbonyl (C=O) groups excluding carboxylic acids is 2. The number of halogens is 1. The van der Waals surface area contributed by atoms with Gasteiger partial charge >= 0.3 is 0 Å². The molecule has 2 amide bonds. The Morgan fingerprint density at radius 2 is 1.70 bits per heavy atom. The Balaban J connectivity index is 1.30. The predicted molar refractivity (Wildman–Crippen MR) is 129 cm³/mol. The van der Waals surface area contributed by atoms with Crippen LogP contribution in [0.5, 0.6) is 0 Å². The van der Waals surface area contributed by atoms with Crippen molar-refractivity contribution in [3.63, 3.8) is 0 Å². The van der Waals surface area contributed by atoms with Gasteiger partial charge in [-0.1, -0.05) is 48.0 Å². The van der Waals surface area contributed by atoms with Gasteiger partial charge in [0.2, 0.25) is 0 Å². The van der Waals surface area contributed by atoms with Gasteiger partial charge < -0.3 is 14.9 Å². The molecule has 2 aliphatic heterocycles. The van der Waals surface area contributed by atoms with E-state index in [0.29, 0.717) is 41.2 Å². The Kier molecular flexibility index (Phi) is 6.80. The van der Waals surface area contributed by atoms with E-state index in [9.17, 15) is 14.7 Å². The molecular formula is C26H32ClN3O3. The summed E-state index contributed by atoms with van der Waals surface area (Å²) in [7, 11) is 3.44. The molecule has 0 unspecified atom stereocenters. The zero-order valence-electron chi connectivity index (χ0n) is 19.5.